The standard InChI is InChI=1S/C17H19NO3/c1-2-10-21-16-8-6-14(7-9-16)17(20)18-15-5-3-4-13(11-15)12-19/h3-9,11,19H,2,10,12H2,1H3,(H,18,20). The lowest BCUT2D eigenvalue weighted by atomic mass is 10.1. The molecule has 0 spiro atoms. The van der Waals surface area contributed by atoms with Crippen molar-refractivity contribution >= 4 is 11.6 Å². The first kappa shape index (κ1) is 15.1. The van der Waals surface area contributed by atoms with Crippen molar-refractivity contribution in [3.8, 4) is 5.75 Å². The Labute approximate surface area is 124 Å². The van der Waals surface area contributed by atoms with Crippen LogP contribution in [-0.4, -0.2) is 17.6 Å². The van der Waals surface area contributed by atoms with Gasteiger partial charge in [0.15, 0.2) is 0 Å². The number of aliphatic hydroxyl groups excluding tert-OH is 1. The Bertz CT molecular complexity index is 593. The summed E-state index contributed by atoms with van der Waals surface area (Å²) >= 11 is 0. The highest BCUT2D eigenvalue weighted by Gasteiger charge is 2.06. The highest BCUT2D eigenvalue weighted by molar-refractivity contribution is 6.04. The zero-order chi connectivity index (χ0) is 15.1. The van der Waals surface area contributed by atoms with E-state index in [1.165, 1.54) is 0 Å². The molecule has 0 unspecified atom stereocenters. The lowest BCUT2D eigenvalue weighted by Gasteiger charge is -2.08. The molecule has 0 saturated carbocycles. The molecular formula is C17H19NO3. The molecule has 0 bridgehead atoms. The summed E-state index contributed by atoms with van der Waals surface area (Å²) in [6.45, 7) is 2.66. The molecule has 0 aliphatic carbocycles. The Balaban J connectivity index is 2.02. The van der Waals surface area contributed by atoms with Crippen molar-refractivity contribution in [1.82, 2.24) is 0 Å². The maximum absolute atomic E-state index is 12.1. The minimum absolute atomic E-state index is 0.0484. The normalized spacial score (nSPS) is 10.2. The van der Waals surface area contributed by atoms with E-state index in [1.807, 2.05) is 6.92 Å². The van der Waals surface area contributed by atoms with Crippen molar-refractivity contribution in [2.24, 2.45) is 0 Å². The van der Waals surface area contributed by atoms with Gasteiger partial charge >= 0.3 is 0 Å². The number of benzene rings is 2. The van der Waals surface area contributed by atoms with Crippen LogP contribution < -0.4 is 10.1 Å². The monoisotopic (exact) mass is 285 g/mol. The predicted molar refractivity (Wildman–Crippen MR) is 82.5 cm³/mol. The van der Waals surface area contributed by atoms with Gasteiger partial charge in [-0.3, -0.25) is 4.79 Å². The summed E-state index contributed by atoms with van der Waals surface area (Å²) in [5.41, 5.74) is 1.99. The van der Waals surface area contributed by atoms with Gasteiger partial charge in [0.2, 0.25) is 0 Å². The van der Waals surface area contributed by atoms with E-state index in [0.29, 0.717) is 17.9 Å². The van der Waals surface area contributed by atoms with Crippen LogP contribution in [0, 0.1) is 0 Å². The molecule has 2 aromatic rings. The molecule has 0 aliphatic heterocycles. The number of ether oxygens (including phenoxy) is 1. The van der Waals surface area contributed by atoms with E-state index in [0.717, 1.165) is 17.7 Å². The van der Waals surface area contributed by atoms with Crippen LogP contribution >= 0.6 is 0 Å². The Morgan fingerprint density at radius 2 is 1.95 bits per heavy atom. The van der Waals surface area contributed by atoms with Crippen LogP contribution in [0.25, 0.3) is 0 Å². The number of nitrogens with one attached hydrogen (secondary N) is 1. The Morgan fingerprint density at radius 3 is 2.62 bits per heavy atom. The maximum atomic E-state index is 12.1. The second kappa shape index (κ2) is 7.45. The van der Waals surface area contributed by atoms with E-state index in [4.69, 9.17) is 9.84 Å². The molecule has 0 radical (unpaired) electrons. The van der Waals surface area contributed by atoms with Gasteiger partial charge in [-0.05, 0) is 48.4 Å². The molecule has 4 heteroatoms. The molecule has 0 aromatic heterocycles. The fourth-order valence-electron chi connectivity index (χ4n) is 1.87. The van der Waals surface area contributed by atoms with Crippen molar-refractivity contribution in [2.45, 2.75) is 20.0 Å². The summed E-state index contributed by atoms with van der Waals surface area (Å²) < 4.78 is 5.48. The van der Waals surface area contributed by atoms with Crippen LogP contribution in [0.1, 0.15) is 29.3 Å². The lowest BCUT2D eigenvalue weighted by molar-refractivity contribution is 0.102. The van der Waals surface area contributed by atoms with Gasteiger partial charge in [-0.1, -0.05) is 19.1 Å². The third-order valence-corrected chi connectivity index (χ3v) is 2.96. The van der Waals surface area contributed by atoms with Gasteiger partial charge in [-0.25, -0.2) is 0 Å². The topological polar surface area (TPSA) is 58.6 Å². The van der Waals surface area contributed by atoms with Crippen molar-refractivity contribution in [2.75, 3.05) is 11.9 Å². The number of anilines is 1. The summed E-state index contributed by atoms with van der Waals surface area (Å²) in [5.74, 6) is 0.572. The maximum Gasteiger partial charge on any atom is 0.255 e. The fourth-order valence-corrected chi connectivity index (χ4v) is 1.87. The molecule has 4 nitrogen and oxygen atoms in total. The third kappa shape index (κ3) is 4.33. The van der Waals surface area contributed by atoms with Crippen LogP contribution in [0.15, 0.2) is 48.5 Å². The average molecular weight is 285 g/mol. The lowest BCUT2D eigenvalue weighted by Crippen LogP contribution is -2.12. The van der Waals surface area contributed by atoms with Crippen molar-refractivity contribution in [3.05, 3.63) is 59.7 Å². The second-order valence-electron chi connectivity index (χ2n) is 4.69. The number of hydrogen-bond donors (Lipinski definition) is 2. The molecular weight excluding hydrogens is 266 g/mol. The summed E-state index contributed by atoms with van der Waals surface area (Å²) in [6, 6.07) is 14.2. The minimum atomic E-state index is -0.188. The van der Waals surface area contributed by atoms with Gasteiger partial charge < -0.3 is 15.2 Å². The van der Waals surface area contributed by atoms with E-state index in [1.54, 1.807) is 48.5 Å². The molecule has 0 saturated heterocycles. The SMILES string of the molecule is CCCOc1ccc(C(=O)Nc2cccc(CO)c2)cc1. The van der Waals surface area contributed by atoms with Gasteiger partial charge in [0.25, 0.3) is 5.91 Å². The number of carbonyl (C=O) groups excluding carboxylic acids is 1. The first-order valence-electron chi connectivity index (χ1n) is 6.97. The summed E-state index contributed by atoms with van der Waals surface area (Å²) in [6.07, 6.45) is 0.948. The highest BCUT2D eigenvalue weighted by Crippen LogP contribution is 2.15. The van der Waals surface area contributed by atoms with Gasteiger partial charge in [-0.2, -0.15) is 0 Å². The number of carbonyl (C=O) groups is 1. The Hall–Kier alpha value is -2.33. The van der Waals surface area contributed by atoms with E-state index in [-0.39, 0.29) is 12.5 Å². The van der Waals surface area contributed by atoms with E-state index < -0.39 is 0 Å². The molecule has 0 atom stereocenters. The van der Waals surface area contributed by atoms with E-state index in [2.05, 4.69) is 5.32 Å². The average Bonchev–Trinajstić information content (AvgIpc) is 2.53. The Morgan fingerprint density at radius 1 is 1.19 bits per heavy atom. The number of rotatable bonds is 6. The van der Waals surface area contributed by atoms with Gasteiger partial charge in [0, 0.05) is 11.3 Å². The van der Waals surface area contributed by atoms with Gasteiger partial charge in [0.1, 0.15) is 5.75 Å². The van der Waals surface area contributed by atoms with Crippen LogP contribution in [0.2, 0.25) is 0 Å². The zero-order valence-electron chi connectivity index (χ0n) is 12.0. The molecule has 0 aliphatic rings. The van der Waals surface area contributed by atoms with Crippen molar-refractivity contribution < 1.29 is 14.6 Å². The molecule has 21 heavy (non-hydrogen) atoms. The van der Waals surface area contributed by atoms with Crippen molar-refractivity contribution in [3.63, 3.8) is 0 Å². The first-order chi connectivity index (χ1) is 10.2. The summed E-state index contributed by atoms with van der Waals surface area (Å²) in [5, 5.41) is 11.9. The smallest absolute Gasteiger partial charge is 0.255 e. The summed E-state index contributed by atoms with van der Waals surface area (Å²) in [7, 11) is 0. The fraction of sp³-hybridized carbons (Fsp3) is 0.235. The minimum Gasteiger partial charge on any atom is -0.494 e. The largest absolute Gasteiger partial charge is 0.494 e. The van der Waals surface area contributed by atoms with Gasteiger partial charge in [-0.15, -0.1) is 0 Å². The molecule has 2 aromatic carbocycles. The van der Waals surface area contributed by atoms with Crippen LogP contribution in [0.4, 0.5) is 5.69 Å². The highest BCUT2D eigenvalue weighted by atomic mass is 16.5. The van der Waals surface area contributed by atoms with E-state index in [9.17, 15) is 4.79 Å². The number of hydrogen-bond acceptors (Lipinski definition) is 3. The van der Waals surface area contributed by atoms with Crippen molar-refractivity contribution in [1.29, 1.82) is 0 Å². The van der Waals surface area contributed by atoms with Crippen LogP contribution in [0.3, 0.4) is 0 Å². The molecule has 1 amide bonds. The predicted octanol–water partition coefficient (Wildman–Crippen LogP) is 3.22. The van der Waals surface area contributed by atoms with Crippen LogP contribution in [-0.2, 0) is 6.61 Å². The molecule has 110 valence electrons. The third-order valence-electron chi connectivity index (χ3n) is 2.96. The molecule has 0 fully saturated rings. The number of amides is 1. The molecule has 2 N–H and O–H groups in total. The number of aliphatic hydroxyl groups is 1. The quantitative estimate of drug-likeness (QED) is 0.856. The Kier molecular flexibility index (Phi) is 5.35. The first-order valence-corrected chi connectivity index (χ1v) is 6.97. The molecule has 2 rings (SSSR count). The molecule has 0 heterocycles. The van der Waals surface area contributed by atoms with Crippen LogP contribution in [0.5, 0.6) is 5.75 Å². The second-order valence-corrected chi connectivity index (χ2v) is 4.69. The zero-order valence-corrected chi connectivity index (χ0v) is 12.0. The van der Waals surface area contributed by atoms with Gasteiger partial charge in [0.05, 0.1) is 13.2 Å². The van der Waals surface area contributed by atoms with E-state index >= 15 is 0 Å². The summed E-state index contributed by atoms with van der Waals surface area (Å²) in [4.78, 5) is 12.1.